The summed E-state index contributed by atoms with van der Waals surface area (Å²) in [5.74, 6) is -0.184. The Bertz CT molecular complexity index is 560. The summed E-state index contributed by atoms with van der Waals surface area (Å²) in [6.07, 6.45) is 0.728. The van der Waals surface area contributed by atoms with Crippen LogP contribution in [0.4, 0.5) is 0 Å². The minimum Gasteiger partial charge on any atom is -0.480 e. The average molecular weight is 248 g/mol. The standard InChI is InChI=1S/C13H16N2O3/c1-9(16)6-7-12-14-10-4-2-3-5-11(10)15(12)8-13(17)18/h2-5,9,16H,6-8H2,1H3,(H,17,18). The van der Waals surface area contributed by atoms with Gasteiger partial charge in [0, 0.05) is 6.42 Å². The Balaban J connectivity index is 2.39. The molecule has 0 amide bonds. The van der Waals surface area contributed by atoms with Gasteiger partial charge in [0.05, 0.1) is 17.1 Å². The highest BCUT2D eigenvalue weighted by Gasteiger charge is 2.13. The third kappa shape index (κ3) is 2.68. The molecule has 2 aromatic rings. The number of benzene rings is 1. The average Bonchev–Trinajstić information content (AvgIpc) is 2.64. The Kier molecular flexibility index (Phi) is 3.62. The number of hydrogen-bond donors (Lipinski definition) is 2. The van der Waals surface area contributed by atoms with Gasteiger partial charge in [-0.15, -0.1) is 0 Å². The fraction of sp³-hybridized carbons (Fsp3) is 0.385. The van der Waals surface area contributed by atoms with E-state index >= 15 is 0 Å². The number of nitrogens with zero attached hydrogens (tertiary/aromatic N) is 2. The van der Waals surface area contributed by atoms with Crippen molar-refractivity contribution in [1.29, 1.82) is 0 Å². The smallest absolute Gasteiger partial charge is 0.323 e. The first-order chi connectivity index (χ1) is 8.58. The third-order valence-corrected chi connectivity index (χ3v) is 2.81. The number of aromatic nitrogens is 2. The summed E-state index contributed by atoms with van der Waals surface area (Å²) in [5, 5.41) is 18.3. The van der Waals surface area contributed by atoms with Crippen molar-refractivity contribution in [3.63, 3.8) is 0 Å². The molecule has 1 aromatic carbocycles. The van der Waals surface area contributed by atoms with Crippen molar-refractivity contribution < 1.29 is 15.0 Å². The van der Waals surface area contributed by atoms with Gasteiger partial charge in [0.2, 0.25) is 0 Å². The monoisotopic (exact) mass is 248 g/mol. The number of aryl methyl sites for hydroxylation is 1. The van der Waals surface area contributed by atoms with Crippen LogP contribution in [0.1, 0.15) is 19.2 Å². The van der Waals surface area contributed by atoms with Gasteiger partial charge in [0.15, 0.2) is 0 Å². The SMILES string of the molecule is CC(O)CCc1nc2ccccc2n1CC(=O)O. The van der Waals surface area contributed by atoms with E-state index in [-0.39, 0.29) is 6.54 Å². The van der Waals surface area contributed by atoms with Crippen LogP contribution in [-0.2, 0) is 17.8 Å². The maximum Gasteiger partial charge on any atom is 0.323 e. The summed E-state index contributed by atoms with van der Waals surface area (Å²) in [4.78, 5) is 15.3. The zero-order valence-corrected chi connectivity index (χ0v) is 10.2. The lowest BCUT2D eigenvalue weighted by molar-refractivity contribution is -0.137. The van der Waals surface area contributed by atoms with Crippen LogP contribution < -0.4 is 0 Å². The molecule has 0 aliphatic rings. The molecular formula is C13H16N2O3. The Morgan fingerprint density at radius 1 is 1.44 bits per heavy atom. The molecule has 18 heavy (non-hydrogen) atoms. The van der Waals surface area contributed by atoms with Gasteiger partial charge >= 0.3 is 5.97 Å². The van der Waals surface area contributed by atoms with Crippen molar-refractivity contribution in [2.24, 2.45) is 0 Å². The summed E-state index contributed by atoms with van der Waals surface area (Å²) in [6, 6.07) is 7.45. The van der Waals surface area contributed by atoms with Crippen LogP contribution in [-0.4, -0.2) is 31.8 Å². The first-order valence-corrected chi connectivity index (χ1v) is 5.92. The largest absolute Gasteiger partial charge is 0.480 e. The molecule has 1 unspecified atom stereocenters. The van der Waals surface area contributed by atoms with Crippen LogP contribution in [0.25, 0.3) is 11.0 Å². The molecule has 2 rings (SSSR count). The van der Waals surface area contributed by atoms with Crippen LogP contribution >= 0.6 is 0 Å². The summed E-state index contributed by atoms with van der Waals surface area (Å²) in [7, 11) is 0. The molecule has 1 atom stereocenters. The van der Waals surface area contributed by atoms with Gasteiger partial charge in [-0.05, 0) is 25.5 Å². The number of imidazole rings is 1. The molecule has 1 aromatic heterocycles. The van der Waals surface area contributed by atoms with Gasteiger partial charge in [-0.3, -0.25) is 4.79 Å². The second kappa shape index (κ2) is 5.18. The number of carbonyl (C=O) groups is 1. The fourth-order valence-corrected chi connectivity index (χ4v) is 1.97. The van der Waals surface area contributed by atoms with Gasteiger partial charge in [-0.25, -0.2) is 4.98 Å². The molecular weight excluding hydrogens is 232 g/mol. The number of aliphatic hydroxyl groups is 1. The lowest BCUT2D eigenvalue weighted by Gasteiger charge is -2.07. The molecule has 0 saturated heterocycles. The Morgan fingerprint density at radius 2 is 2.17 bits per heavy atom. The second-order valence-corrected chi connectivity index (χ2v) is 4.38. The van der Waals surface area contributed by atoms with Gasteiger partial charge in [0.1, 0.15) is 12.4 Å². The normalized spacial score (nSPS) is 12.8. The van der Waals surface area contributed by atoms with E-state index in [1.54, 1.807) is 11.5 Å². The van der Waals surface area contributed by atoms with Crippen molar-refractivity contribution in [3.05, 3.63) is 30.1 Å². The Hall–Kier alpha value is -1.88. The molecule has 5 heteroatoms. The number of carboxylic acids is 1. The molecule has 0 spiro atoms. The van der Waals surface area contributed by atoms with E-state index in [9.17, 15) is 9.90 Å². The highest BCUT2D eigenvalue weighted by Crippen LogP contribution is 2.17. The molecule has 0 radical (unpaired) electrons. The van der Waals surface area contributed by atoms with Crippen molar-refractivity contribution >= 4 is 17.0 Å². The number of fused-ring (bicyclic) bond motifs is 1. The summed E-state index contributed by atoms with van der Waals surface area (Å²) >= 11 is 0. The van der Waals surface area contributed by atoms with E-state index in [1.165, 1.54) is 0 Å². The molecule has 1 heterocycles. The number of carboxylic acid groups (broad SMARTS) is 1. The van der Waals surface area contributed by atoms with Crippen molar-refractivity contribution in [2.45, 2.75) is 32.4 Å². The molecule has 0 saturated carbocycles. The molecule has 0 aliphatic heterocycles. The lowest BCUT2D eigenvalue weighted by Crippen LogP contribution is -2.13. The fourth-order valence-electron chi connectivity index (χ4n) is 1.97. The summed E-state index contributed by atoms with van der Waals surface area (Å²) in [6.45, 7) is 1.61. The number of hydrogen-bond acceptors (Lipinski definition) is 3. The van der Waals surface area contributed by atoms with Gasteiger partial charge < -0.3 is 14.8 Å². The maximum atomic E-state index is 10.9. The topological polar surface area (TPSA) is 75.4 Å². The van der Waals surface area contributed by atoms with E-state index < -0.39 is 12.1 Å². The van der Waals surface area contributed by atoms with Crippen molar-refractivity contribution in [2.75, 3.05) is 0 Å². The number of aliphatic carboxylic acids is 1. The summed E-state index contributed by atoms with van der Waals surface area (Å²) < 4.78 is 1.69. The second-order valence-electron chi connectivity index (χ2n) is 4.38. The predicted molar refractivity (Wildman–Crippen MR) is 67.4 cm³/mol. The van der Waals surface area contributed by atoms with E-state index in [1.807, 2.05) is 24.3 Å². The lowest BCUT2D eigenvalue weighted by atomic mass is 10.2. The van der Waals surface area contributed by atoms with Crippen LogP contribution in [0.3, 0.4) is 0 Å². The third-order valence-electron chi connectivity index (χ3n) is 2.81. The first-order valence-electron chi connectivity index (χ1n) is 5.92. The van der Waals surface area contributed by atoms with E-state index in [0.717, 1.165) is 11.0 Å². The van der Waals surface area contributed by atoms with E-state index in [2.05, 4.69) is 4.98 Å². The van der Waals surface area contributed by atoms with Crippen molar-refractivity contribution in [1.82, 2.24) is 9.55 Å². The Labute approximate surface area is 105 Å². The van der Waals surface area contributed by atoms with Crippen LogP contribution in [0, 0.1) is 0 Å². The minimum absolute atomic E-state index is 0.102. The number of aliphatic hydroxyl groups excluding tert-OH is 1. The van der Waals surface area contributed by atoms with Gasteiger partial charge in [-0.1, -0.05) is 12.1 Å². The zero-order valence-electron chi connectivity index (χ0n) is 10.2. The highest BCUT2D eigenvalue weighted by atomic mass is 16.4. The van der Waals surface area contributed by atoms with Gasteiger partial charge in [0.25, 0.3) is 0 Å². The molecule has 0 fully saturated rings. The quantitative estimate of drug-likeness (QED) is 0.839. The molecule has 0 bridgehead atoms. The van der Waals surface area contributed by atoms with E-state index in [4.69, 9.17) is 5.11 Å². The predicted octanol–water partition coefficient (Wildman–Crippen LogP) is 1.43. The minimum atomic E-state index is -0.892. The van der Waals surface area contributed by atoms with Crippen molar-refractivity contribution in [3.8, 4) is 0 Å². The number of para-hydroxylation sites is 2. The molecule has 96 valence electrons. The molecule has 0 aliphatic carbocycles. The Morgan fingerprint density at radius 3 is 2.83 bits per heavy atom. The first kappa shape index (κ1) is 12.6. The molecule has 2 N–H and O–H groups in total. The molecule has 5 nitrogen and oxygen atoms in total. The van der Waals surface area contributed by atoms with Crippen LogP contribution in [0.15, 0.2) is 24.3 Å². The summed E-state index contributed by atoms with van der Waals surface area (Å²) in [5.41, 5.74) is 1.61. The van der Waals surface area contributed by atoms with E-state index in [0.29, 0.717) is 18.7 Å². The van der Waals surface area contributed by atoms with Crippen LogP contribution in [0.2, 0.25) is 0 Å². The van der Waals surface area contributed by atoms with Crippen LogP contribution in [0.5, 0.6) is 0 Å². The number of rotatable bonds is 5. The van der Waals surface area contributed by atoms with Gasteiger partial charge in [-0.2, -0.15) is 0 Å². The maximum absolute atomic E-state index is 10.9. The zero-order chi connectivity index (χ0) is 13.1. The highest BCUT2D eigenvalue weighted by molar-refractivity contribution is 5.78.